The van der Waals surface area contributed by atoms with Gasteiger partial charge in [-0.05, 0) is 61.4 Å². The molecule has 5 heteroatoms. The van der Waals surface area contributed by atoms with Gasteiger partial charge in [-0.15, -0.1) is 22.7 Å². The molecule has 32 heavy (non-hydrogen) atoms. The van der Waals surface area contributed by atoms with Crippen LogP contribution >= 0.6 is 38.8 Å². The van der Waals surface area contributed by atoms with Crippen molar-refractivity contribution in [2.45, 2.75) is 37.5 Å². The van der Waals surface area contributed by atoms with E-state index in [4.69, 9.17) is 0 Å². The van der Waals surface area contributed by atoms with E-state index in [9.17, 15) is 0 Å². The molecule has 0 unspecified atom stereocenters. The van der Waals surface area contributed by atoms with Gasteiger partial charge in [-0.2, -0.15) is 0 Å². The maximum Gasteiger partial charge on any atom is 0.0526 e. The smallest absolute Gasteiger partial charge is 0.0526 e. The van der Waals surface area contributed by atoms with Crippen molar-refractivity contribution in [1.29, 1.82) is 0 Å². The van der Waals surface area contributed by atoms with Crippen molar-refractivity contribution in [2.75, 3.05) is 6.54 Å². The average Bonchev–Trinajstić information content (AvgIpc) is 3.62. The number of hydrogen-bond acceptors (Lipinski definition) is 3. The second-order valence-corrected chi connectivity index (χ2v) is 15.5. The van der Waals surface area contributed by atoms with Crippen LogP contribution in [0.15, 0.2) is 95.7 Å². The zero-order valence-corrected chi connectivity index (χ0v) is 21.8. The van der Waals surface area contributed by atoms with Gasteiger partial charge in [0.15, 0.2) is 0 Å². The van der Waals surface area contributed by atoms with Crippen LogP contribution in [0.4, 0.5) is 0 Å². The van der Waals surface area contributed by atoms with E-state index >= 15 is 0 Å². The molecule has 1 fully saturated rings. The van der Waals surface area contributed by atoms with E-state index < -0.39 is 8.07 Å². The zero-order valence-electron chi connectivity index (χ0n) is 18.4. The number of rotatable bonds is 8. The minimum Gasteiger partial charge on any atom is -0.250 e. The highest BCUT2D eigenvalue weighted by molar-refractivity contribution is 7.85. The summed E-state index contributed by atoms with van der Waals surface area (Å²) in [7, 11) is -0.859. The van der Waals surface area contributed by atoms with Gasteiger partial charge >= 0.3 is 0 Å². The summed E-state index contributed by atoms with van der Waals surface area (Å²) in [5.41, 5.74) is 4.33. The molecule has 0 saturated carbocycles. The summed E-state index contributed by atoms with van der Waals surface area (Å²) < 4.78 is 6.08. The van der Waals surface area contributed by atoms with Crippen LogP contribution in [0.5, 0.6) is 0 Å². The van der Waals surface area contributed by atoms with Crippen molar-refractivity contribution < 1.29 is 0 Å². The molecule has 0 aliphatic carbocycles. The highest BCUT2D eigenvalue weighted by Gasteiger charge is 2.44. The maximum atomic E-state index is 2.99. The van der Waals surface area contributed by atoms with Crippen LogP contribution in [0.1, 0.15) is 48.6 Å². The van der Waals surface area contributed by atoms with Gasteiger partial charge in [0, 0.05) is 27.1 Å². The quantitative estimate of drug-likeness (QED) is 0.222. The number of benzene rings is 2. The monoisotopic (exact) mass is 493 g/mol. The Morgan fingerprint density at radius 2 is 1.25 bits per heavy atom. The van der Waals surface area contributed by atoms with Gasteiger partial charge in [0.1, 0.15) is 0 Å². The maximum absolute atomic E-state index is 2.99. The molecule has 0 spiro atoms. The third-order valence-electron chi connectivity index (χ3n) is 6.07. The van der Waals surface area contributed by atoms with Gasteiger partial charge in [-0.1, -0.05) is 79.7 Å². The van der Waals surface area contributed by atoms with Crippen LogP contribution in [0.25, 0.3) is 0 Å². The first-order valence-corrected chi connectivity index (χ1v) is 15.9. The minimum atomic E-state index is -0.492. The molecule has 1 saturated heterocycles. The van der Waals surface area contributed by atoms with Crippen molar-refractivity contribution in [1.82, 2.24) is 4.44 Å². The van der Waals surface area contributed by atoms with Crippen LogP contribution in [0.3, 0.4) is 0 Å². The third kappa shape index (κ3) is 4.65. The standard InChI is InChI=1S/C27H29NP2S2/c1-2-19-28(30(26-15-9-20-31-26)27-16-10-21-32-27)29-24(22-11-5-3-6-12-22)17-18-25(29)23-13-7-4-8-14-23/h3-16,20-21,24-25H,2,17-19H2,1H3/t24-,25-/m1/s1. The van der Waals surface area contributed by atoms with E-state index in [1.165, 1.54) is 36.9 Å². The van der Waals surface area contributed by atoms with Gasteiger partial charge in [-0.3, -0.25) is 4.44 Å². The first-order valence-electron chi connectivity index (χ1n) is 11.4. The fourth-order valence-corrected chi connectivity index (χ4v) is 15.5. The predicted molar refractivity (Wildman–Crippen MR) is 146 cm³/mol. The Morgan fingerprint density at radius 3 is 1.66 bits per heavy atom. The summed E-state index contributed by atoms with van der Waals surface area (Å²) in [4.78, 5) is 0. The Hall–Kier alpha value is -1.34. The van der Waals surface area contributed by atoms with Crippen molar-refractivity contribution in [3.63, 3.8) is 0 Å². The van der Waals surface area contributed by atoms with Gasteiger partial charge in [0.2, 0.25) is 0 Å². The Balaban J connectivity index is 1.63. The Labute approximate surface area is 202 Å². The lowest BCUT2D eigenvalue weighted by Crippen LogP contribution is -2.25. The summed E-state index contributed by atoms with van der Waals surface area (Å²) in [5, 5.41) is 4.52. The van der Waals surface area contributed by atoms with Crippen LogP contribution in [0.2, 0.25) is 0 Å². The lowest BCUT2D eigenvalue weighted by Gasteiger charge is -2.41. The van der Waals surface area contributed by atoms with E-state index in [1.54, 1.807) is 9.24 Å². The second kappa shape index (κ2) is 10.7. The third-order valence-corrected chi connectivity index (χ3v) is 15.2. The molecule has 3 heterocycles. The molecule has 2 aromatic heterocycles. The fraction of sp³-hybridized carbons (Fsp3) is 0.259. The molecule has 4 aromatic rings. The van der Waals surface area contributed by atoms with E-state index in [0.717, 1.165) is 0 Å². The summed E-state index contributed by atoms with van der Waals surface area (Å²) in [6.45, 7) is 3.52. The molecular weight excluding hydrogens is 464 g/mol. The Bertz CT molecular complexity index is 986. The molecule has 2 aromatic carbocycles. The van der Waals surface area contributed by atoms with Crippen LogP contribution in [0, 0.1) is 0 Å². The molecular formula is C27H29NP2S2. The zero-order chi connectivity index (χ0) is 21.8. The fourth-order valence-electron chi connectivity index (χ4n) is 4.74. The lowest BCUT2D eigenvalue weighted by molar-refractivity contribution is 0.671. The van der Waals surface area contributed by atoms with Gasteiger partial charge in [0.25, 0.3) is 0 Å². The number of hydrogen-bond donors (Lipinski definition) is 0. The minimum absolute atomic E-state index is 0.367. The molecule has 0 radical (unpaired) electrons. The average molecular weight is 494 g/mol. The number of nitrogens with zero attached hydrogens (tertiary/aromatic N) is 1. The predicted octanol–water partition coefficient (Wildman–Crippen LogP) is 8.54. The first-order chi connectivity index (χ1) is 15.9. The first kappa shape index (κ1) is 22.5. The van der Waals surface area contributed by atoms with Crippen LogP contribution in [-0.4, -0.2) is 11.0 Å². The van der Waals surface area contributed by atoms with E-state index in [2.05, 4.69) is 107 Å². The highest BCUT2D eigenvalue weighted by atomic mass is 32.1. The Kier molecular flexibility index (Phi) is 7.53. The molecule has 1 aliphatic heterocycles. The second-order valence-electron chi connectivity index (χ2n) is 8.12. The normalized spacial score (nSPS) is 19.2. The van der Waals surface area contributed by atoms with Crippen LogP contribution < -0.4 is 9.24 Å². The van der Waals surface area contributed by atoms with Gasteiger partial charge in [-0.25, -0.2) is 0 Å². The van der Waals surface area contributed by atoms with Gasteiger partial charge < -0.3 is 0 Å². The van der Waals surface area contributed by atoms with Gasteiger partial charge in [0.05, 0.1) is 8.07 Å². The molecule has 5 rings (SSSR count). The number of thiophene rings is 2. The molecule has 1 nitrogen and oxygen atoms in total. The topological polar surface area (TPSA) is 3.24 Å². The summed E-state index contributed by atoms with van der Waals surface area (Å²) in [5.74, 6) is 0. The molecule has 0 N–H and O–H groups in total. The molecule has 164 valence electrons. The van der Waals surface area contributed by atoms with Crippen molar-refractivity contribution in [3.05, 3.63) is 107 Å². The SMILES string of the molecule is CCCN(P(c1cccs1)c1cccs1)P1[C@@H](c2ccccc2)CC[C@@H]1c1ccccc1. The summed E-state index contributed by atoms with van der Waals surface area (Å²) >= 11 is 3.88. The Morgan fingerprint density at radius 1 is 0.750 bits per heavy atom. The van der Waals surface area contributed by atoms with Crippen molar-refractivity contribution in [2.24, 2.45) is 0 Å². The largest absolute Gasteiger partial charge is 0.250 e. The van der Waals surface area contributed by atoms with Crippen LogP contribution in [-0.2, 0) is 0 Å². The molecule has 2 atom stereocenters. The van der Waals surface area contributed by atoms with E-state index in [0.29, 0.717) is 11.3 Å². The highest BCUT2D eigenvalue weighted by Crippen LogP contribution is 2.76. The molecule has 0 bridgehead atoms. The van der Waals surface area contributed by atoms with E-state index in [-0.39, 0.29) is 8.07 Å². The summed E-state index contributed by atoms with van der Waals surface area (Å²) in [6.07, 6.45) is 3.76. The summed E-state index contributed by atoms with van der Waals surface area (Å²) in [6, 6.07) is 31.9. The molecule has 1 aliphatic rings. The van der Waals surface area contributed by atoms with Crippen molar-refractivity contribution >= 4 is 48.1 Å². The lowest BCUT2D eigenvalue weighted by atomic mass is 10.0. The molecule has 0 amide bonds. The van der Waals surface area contributed by atoms with E-state index in [1.807, 2.05) is 22.7 Å². The van der Waals surface area contributed by atoms with Crippen molar-refractivity contribution in [3.8, 4) is 0 Å².